The molecule has 9 heteroatoms. The summed E-state index contributed by atoms with van der Waals surface area (Å²) in [4.78, 5) is 35.1. The van der Waals surface area contributed by atoms with Gasteiger partial charge in [0.15, 0.2) is 17.0 Å². The molecule has 0 aromatic carbocycles. The Morgan fingerprint density at radius 3 is 2.71 bits per heavy atom. The van der Waals surface area contributed by atoms with Crippen molar-refractivity contribution < 1.29 is 14.7 Å². The Bertz CT molecular complexity index is 727. The van der Waals surface area contributed by atoms with Gasteiger partial charge in [-0.1, -0.05) is 13.8 Å². The molecular formula is C15H22N6O3. The third-order valence-electron chi connectivity index (χ3n) is 3.65. The highest BCUT2D eigenvalue weighted by atomic mass is 16.4. The molecule has 9 nitrogen and oxygen atoms in total. The Hall–Kier alpha value is -2.55. The summed E-state index contributed by atoms with van der Waals surface area (Å²) in [5.41, 5.74) is 6.64. The number of nitrogens with zero attached hydrogens (tertiary/aromatic N) is 4. The number of carbonyl (C=O) groups excluding carboxylic acids is 1. The summed E-state index contributed by atoms with van der Waals surface area (Å²) in [5.74, 6) is -0.880. The van der Waals surface area contributed by atoms with E-state index in [1.165, 1.54) is 6.33 Å². The first-order valence-electron chi connectivity index (χ1n) is 7.85. The van der Waals surface area contributed by atoms with Crippen molar-refractivity contribution >= 4 is 28.9 Å². The van der Waals surface area contributed by atoms with Crippen molar-refractivity contribution in [3.05, 3.63) is 12.7 Å². The molecule has 0 saturated heterocycles. The smallest absolute Gasteiger partial charge is 0.320 e. The largest absolute Gasteiger partial charge is 0.480 e. The van der Waals surface area contributed by atoms with E-state index >= 15 is 0 Å². The van der Waals surface area contributed by atoms with Gasteiger partial charge in [-0.2, -0.15) is 0 Å². The van der Waals surface area contributed by atoms with Crippen molar-refractivity contribution in [1.29, 1.82) is 0 Å². The molecule has 2 heterocycles. The highest BCUT2D eigenvalue weighted by Crippen LogP contribution is 2.18. The monoisotopic (exact) mass is 334 g/mol. The first-order valence-corrected chi connectivity index (χ1v) is 7.85. The van der Waals surface area contributed by atoms with Crippen LogP contribution in [0.25, 0.3) is 11.2 Å². The molecule has 0 spiro atoms. The maximum Gasteiger partial charge on any atom is 0.320 e. The van der Waals surface area contributed by atoms with Gasteiger partial charge in [0.2, 0.25) is 5.91 Å². The molecule has 0 aliphatic rings. The molecule has 2 rings (SSSR count). The van der Waals surface area contributed by atoms with Crippen LogP contribution in [0.2, 0.25) is 0 Å². The lowest BCUT2D eigenvalue weighted by molar-refractivity contribution is -0.138. The van der Waals surface area contributed by atoms with E-state index in [4.69, 9.17) is 10.8 Å². The van der Waals surface area contributed by atoms with Gasteiger partial charge < -0.3 is 20.7 Å². The van der Waals surface area contributed by atoms with Crippen LogP contribution in [-0.2, 0) is 16.1 Å². The van der Waals surface area contributed by atoms with E-state index in [1.54, 1.807) is 20.2 Å². The van der Waals surface area contributed by atoms with Gasteiger partial charge in [0.05, 0.1) is 6.33 Å². The summed E-state index contributed by atoms with van der Waals surface area (Å²) < 4.78 is 1.86. The lowest BCUT2D eigenvalue weighted by Crippen LogP contribution is -2.29. The Morgan fingerprint density at radius 2 is 2.04 bits per heavy atom. The predicted octanol–water partition coefficient (Wildman–Crippen LogP) is 1.00. The third-order valence-corrected chi connectivity index (χ3v) is 3.65. The van der Waals surface area contributed by atoms with E-state index < -0.39 is 12.0 Å². The van der Waals surface area contributed by atoms with Gasteiger partial charge in [-0.25, -0.2) is 15.0 Å². The van der Waals surface area contributed by atoms with Crippen LogP contribution in [-0.4, -0.2) is 42.5 Å². The topological polar surface area (TPSA) is 136 Å². The number of hydrogen-bond donors (Lipinski definition) is 3. The highest BCUT2D eigenvalue weighted by molar-refractivity contribution is 5.97. The van der Waals surface area contributed by atoms with Crippen molar-refractivity contribution in [3.63, 3.8) is 0 Å². The number of carbonyl (C=O) groups is 2. The molecule has 0 radical (unpaired) electrons. The lowest BCUT2D eigenvalue weighted by Gasteiger charge is -2.08. The minimum absolute atomic E-state index is 0.132. The molecule has 0 aliphatic carbocycles. The first kappa shape index (κ1) is 17.8. The van der Waals surface area contributed by atoms with Gasteiger partial charge in [0.25, 0.3) is 0 Å². The SMILES string of the molecule is CC(C)C(=O)Nc1ncnc2c1ncn2CCCC[C@H](N)C(=O)O. The summed E-state index contributed by atoms with van der Waals surface area (Å²) in [6.45, 7) is 4.24. The van der Waals surface area contributed by atoms with Gasteiger partial charge in [0.1, 0.15) is 12.4 Å². The van der Waals surface area contributed by atoms with Gasteiger partial charge in [-0.15, -0.1) is 0 Å². The van der Waals surface area contributed by atoms with E-state index in [1.807, 2.05) is 4.57 Å². The summed E-state index contributed by atoms with van der Waals surface area (Å²) >= 11 is 0. The molecule has 1 amide bonds. The molecule has 1 atom stereocenters. The number of imidazole rings is 1. The zero-order valence-corrected chi connectivity index (χ0v) is 13.8. The minimum Gasteiger partial charge on any atom is -0.480 e. The Kier molecular flexibility index (Phi) is 5.80. The molecule has 0 aliphatic heterocycles. The van der Waals surface area contributed by atoms with Crippen LogP contribution in [0.4, 0.5) is 5.82 Å². The summed E-state index contributed by atoms with van der Waals surface area (Å²) in [7, 11) is 0. The second-order valence-corrected chi connectivity index (χ2v) is 5.92. The number of fused-ring (bicyclic) bond motifs is 1. The lowest BCUT2D eigenvalue weighted by atomic mass is 10.1. The van der Waals surface area contributed by atoms with Crippen LogP contribution in [0.5, 0.6) is 0 Å². The Labute approximate surface area is 139 Å². The standard InChI is InChI=1S/C15H22N6O3/c1-9(2)14(22)20-12-11-13(18-7-17-12)21(8-19-11)6-4-3-5-10(16)15(23)24/h7-10H,3-6,16H2,1-2H3,(H,23,24)(H,17,18,20,22)/t10-/m0/s1. The first-order chi connectivity index (χ1) is 11.4. The maximum absolute atomic E-state index is 11.8. The third kappa shape index (κ3) is 4.25. The number of carboxylic acid groups (broad SMARTS) is 1. The van der Waals surface area contributed by atoms with Crippen molar-refractivity contribution in [2.45, 2.75) is 45.7 Å². The van der Waals surface area contributed by atoms with Crippen LogP contribution >= 0.6 is 0 Å². The number of unbranched alkanes of at least 4 members (excludes halogenated alkanes) is 1. The van der Waals surface area contributed by atoms with Crippen LogP contribution in [0.3, 0.4) is 0 Å². The molecule has 0 saturated carbocycles. The second kappa shape index (κ2) is 7.82. The Morgan fingerprint density at radius 1 is 1.29 bits per heavy atom. The van der Waals surface area contributed by atoms with E-state index in [9.17, 15) is 9.59 Å². The van der Waals surface area contributed by atoms with Crippen molar-refractivity contribution in [3.8, 4) is 0 Å². The number of aryl methyl sites for hydroxylation is 1. The predicted molar refractivity (Wildman–Crippen MR) is 88.3 cm³/mol. The molecule has 0 bridgehead atoms. The number of nitrogens with two attached hydrogens (primary N) is 1. The maximum atomic E-state index is 11.8. The second-order valence-electron chi connectivity index (χ2n) is 5.92. The number of aromatic nitrogens is 4. The van der Waals surface area contributed by atoms with E-state index in [0.717, 1.165) is 6.42 Å². The fourth-order valence-corrected chi connectivity index (χ4v) is 2.17. The average molecular weight is 334 g/mol. The zero-order valence-electron chi connectivity index (χ0n) is 13.8. The van der Waals surface area contributed by atoms with Crippen LogP contribution in [0.15, 0.2) is 12.7 Å². The molecule has 24 heavy (non-hydrogen) atoms. The Balaban J connectivity index is 2.02. The highest BCUT2D eigenvalue weighted by Gasteiger charge is 2.15. The van der Waals surface area contributed by atoms with Gasteiger partial charge in [-0.3, -0.25) is 9.59 Å². The quantitative estimate of drug-likeness (QED) is 0.613. The molecule has 130 valence electrons. The summed E-state index contributed by atoms with van der Waals surface area (Å²) in [5, 5.41) is 11.5. The number of aliphatic carboxylic acids is 1. The average Bonchev–Trinajstić information content (AvgIpc) is 2.95. The minimum atomic E-state index is -0.985. The van der Waals surface area contributed by atoms with Gasteiger partial charge in [-0.05, 0) is 19.3 Å². The van der Waals surface area contributed by atoms with Gasteiger partial charge >= 0.3 is 5.97 Å². The van der Waals surface area contributed by atoms with Crippen molar-refractivity contribution in [1.82, 2.24) is 19.5 Å². The fraction of sp³-hybridized carbons (Fsp3) is 0.533. The number of amides is 1. The van der Waals surface area contributed by atoms with E-state index in [-0.39, 0.29) is 11.8 Å². The molecule has 2 aromatic rings. The fourth-order valence-electron chi connectivity index (χ4n) is 2.17. The molecule has 2 aromatic heterocycles. The zero-order chi connectivity index (χ0) is 17.7. The van der Waals surface area contributed by atoms with Crippen LogP contribution in [0, 0.1) is 5.92 Å². The van der Waals surface area contributed by atoms with Gasteiger partial charge in [0, 0.05) is 12.5 Å². The number of hydrogen-bond acceptors (Lipinski definition) is 6. The van der Waals surface area contributed by atoms with E-state index in [0.29, 0.717) is 36.4 Å². The molecular weight excluding hydrogens is 312 g/mol. The van der Waals surface area contributed by atoms with Crippen molar-refractivity contribution in [2.75, 3.05) is 5.32 Å². The number of anilines is 1. The molecule has 4 N–H and O–H groups in total. The number of rotatable bonds is 8. The molecule has 0 unspecified atom stereocenters. The van der Waals surface area contributed by atoms with E-state index in [2.05, 4.69) is 20.3 Å². The van der Waals surface area contributed by atoms with Crippen molar-refractivity contribution in [2.24, 2.45) is 11.7 Å². The van der Waals surface area contributed by atoms with Crippen LogP contribution < -0.4 is 11.1 Å². The normalized spacial score (nSPS) is 12.5. The number of nitrogens with one attached hydrogen (secondary N) is 1. The summed E-state index contributed by atoms with van der Waals surface area (Å²) in [6.07, 6.45) is 4.89. The summed E-state index contributed by atoms with van der Waals surface area (Å²) in [6, 6.07) is -0.829. The molecule has 0 fully saturated rings. The van der Waals surface area contributed by atoms with Crippen LogP contribution in [0.1, 0.15) is 33.1 Å². The number of carboxylic acids is 1.